The fourth-order valence-corrected chi connectivity index (χ4v) is 6.73. The molecule has 3 heterocycles. The van der Waals surface area contributed by atoms with Crippen molar-refractivity contribution in [3.8, 4) is 22.8 Å². The molecule has 4 atom stereocenters. The molecule has 42 heavy (non-hydrogen) atoms. The number of carbonyl (C=O) groups is 1. The molecule has 0 bridgehead atoms. The van der Waals surface area contributed by atoms with E-state index in [9.17, 15) is 9.90 Å². The number of fused-ring (bicyclic) bond motifs is 1. The number of rotatable bonds is 10. The Bertz CT molecular complexity index is 1460. The van der Waals surface area contributed by atoms with E-state index in [-0.39, 0.29) is 18.1 Å². The number of benzene rings is 2. The summed E-state index contributed by atoms with van der Waals surface area (Å²) in [4.78, 5) is 18.2. The van der Waals surface area contributed by atoms with Gasteiger partial charge in [0.1, 0.15) is 17.7 Å². The van der Waals surface area contributed by atoms with E-state index in [1.807, 2.05) is 19.1 Å². The normalized spacial score (nSPS) is 21.8. The molecule has 1 saturated heterocycles. The minimum Gasteiger partial charge on any atom is -0.485 e. The van der Waals surface area contributed by atoms with Crippen molar-refractivity contribution in [3.63, 3.8) is 0 Å². The van der Waals surface area contributed by atoms with Gasteiger partial charge in [0.2, 0.25) is 5.88 Å². The largest absolute Gasteiger partial charge is 0.485 e. The molecular weight excluding hydrogens is 535 g/mol. The minimum absolute atomic E-state index is 0.00806. The van der Waals surface area contributed by atoms with Crippen LogP contribution in [0, 0.1) is 17.7 Å². The van der Waals surface area contributed by atoms with Crippen LogP contribution in [0.5, 0.6) is 11.6 Å². The number of carboxylic acids is 1. The zero-order chi connectivity index (χ0) is 29.4. The molecule has 3 aromatic rings. The van der Waals surface area contributed by atoms with Gasteiger partial charge in [0, 0.05) is 38.4 Å². The monoisotopic (exact) mass is 574 g/mol. The van der Waals surface area contributed by atoms with Gasteiger partial charge in [0.05, 0.1) is 25.3 Å². The number of aliphatic carboxylic acids is 1. The smallest absolute Gasteiger partial charge is 0.306 e. The fourth-order valence-electron chi connectivity index (χ4n) is 6.73. The number of aromatic nitrogens is 1. The van der Waals surface area contributed by atoms with Crippen molar-refractivity contribution in [1.29, 1.82) is 0 Å². The molecule has 8 heteroatoms. The standard InChI is InChI=1S/C34H39FN2O5/c1-20(34(38)39)33(22-5-6-22)24-7-4-21-9-11-30(42-31(21)15-24)23-8-10-27(28-16-32(41-3)36-17-29(28)35)25(14-23)18-37-13-12-26(19-37)40-2/h4,7-8,10,14-17,20,22,26,30,33H,5-6,9,11-13,18-19H2,1-3H3,(H,38,39)/t20-,26+,30?,33?/m0/s1. The number of likely N-dealkylation sites (tertiary alicyclic amines) is 1. The lowest BCUT2D eigenvalue weighted by atomic mass is 9.82. The number of aryl methyl sites for hydroxylation is 1. The van der Waals surface area contributed by atoms with Gasteiger partial charge < -0.3 is 19.3 Å². The fraction of sp³-hybridized carbons (Fsp3) is 0.471. The second kappa shape index (κ2) is 12.0. The zero-order valence-corrected chi connectivity index (χ0v) is 24.5. The molecule has 0 spiro atoms. The van der Waals surface area contributed by atoms with Crippen LogP contribution in [0.3, 0.4) is 0 Å². The summed E-state index contributed by atoms with van der Waals surface area (Å²) < 4.78 is 32.6. The Hall–Kier alpha value is -3.49. The van der Waals surface area contributed by atoms with Gasteiger partial charge in [-0.05, 0) is 77.8 Å². The predicted octanol–water partition coefficient (Wildman–Crippen LogP) is 6.40. The van der Waals surface area contributed by atoms with E-state index in [1.165, 1.54) is 13.3 Å². The molecule has 2 aromatic carbocycles. The summed E-state index contributed by atoms with van der Waals surface area (Å²) in [7, 11) is 3.28. The van der Waals surface area contributed by atoms with Crippen LogP contribution in [0.4, 0.5) is 4.39 Å². The lowest BCUT2D eigenvalue weighted by molar-refractivity contribution is -0.142. The first-order chi connectivity index (χ1) is 20.3. The first-order valence-corrected chi connectivity index (χ1v) is 14.9. The summed E-state index contributed by atoms with van der Waals surface area (Å²) in [5.74, 6) is 0.0223. The molecule has 2 aliphatic heterocycles. The van der Waals surface area contributed by atoms with E-state index >= 15 is 4.39 Å². The summed E-state index contributed by atoms with van der Waals surface area (Å²) in [6, 6.07) is 14.1. The molecule has 0 amide bonds. The summed E-state index contributed by atoms with van der Waals surface area (Å²) >= 11 is 0. The van der Waals surface area contributed by atoms with Gasteiger partial charge in [-0.15, -0.1) is 0 Å². The number of hydrogen-bond acceptors (Lipinski definition) is 6. The van der Waals surface area contributed by atoms with Crippen LogP contribution in [-0.4, -0.2) is 54.4 Å². The molecule has 1 N–H and O–H groups in total. The van der Waals surface area contributed by atoms with Gasteiger partial charge in [-0.1, -0.05) is 37.3 Å². The third kappa shape index (κ3) is 5.88. The number of nitrogens with zero attached hydrogens (tertiary/aromatic N) is 2. The predicted molar refractivity (Wildman–Crippen MR) is 157 cm³/mol. The Morgan fingerprint density at radius 2 is 1.95 bits per heavy atom. The summed E-state index contributed by atoms with van der Waals surface area (Å²) in [6.07, 6.45) is 6.07. The van der Waals surface area contributed by atoms with Crippen LogP contribution in [0.25, 0.3) is 11.1 Å². The molecule has 222 valence electrons. The van der Waals surface area contributed by atoms with Crippen LogP contribution in [0.2, 0.25) is 0 Å². The minimum atomic E-state index is -0.755. The first kappa shape index (κ1) is 28.6. The van der Waals surface area contributed by atoms with Gasteiger partial charge in [0.15, 0.2) is 0 Å². The molecule has 6 rings (SSSR count). The van der Waals surface area contributed by atoms with Gasteiger partial charge >= 0.3 is 5.97 Å². The highest BCUT2D eigenvalue weighted by molar-refractivity contribution is 5.71. The maximum Gasteiger partial charge on any atom is 0.306 e. The summed E-state index contributed by atoms with van der Waals surface area (Å²) in [5.41, 5.74) is 5.54. The second-order valence-electron chi connectivity index (χ2n) is 12.0. The highest BCUT2D eigenvalue weighted by atomic mass is 19.1. The third-order valence-electron chi connectivity index (χ3n) is 9.27. The topological polar surface area (TPSA) is 81.1 Å². The molecule has 2 unspecified atom stereocenters. The molecular formula is C34H39FN2O5. The maximum absolute atomic E-state index is 15.1. The zero-order valence-electron chi connectivity index (χ0n) is 24.5. The quantitative estimate of drug-likeness (QED) is 0.300. The average Bonchev–Trinajstić information content (AvgIpc) is 3.73. The van der Waals surface area contributed by atoms with E-state index in [0.717, 1.165) is 78.8 Å². The van der Waals surface area contributed by atoms with Crippen LogP contribution in [0.1, 0.15) is 66.9 Å². The Kier molecular flexibility index (Phi) is 8.19. The number of methoxy groups -OCH3 is 2. The molecule has 1 saturated carbocycles. The molecule has 0 radical (unpaired) electrons. The highest BCUT2D eigenvalue weighted by Crippen LogP contribution is 2.48. The van der Waals surface area contributed by atoms with E-state index in [2.05, 4.69) is 34.1 Å². The lowest BCUT2D eigenvalue weighted by Gasteiger charge is -2.29. The summed E-state index contributed by atoms with van der Waals surface area (Å²) in [6.45, 7) is 4.22. The highest BCUT2D eigenvalue weighted by Gasteiger charge is 2.39. The third-order valence-corrected chi connectivity index (χ3v) is 9.27. The Labute approximate surface area is 246 Å². The summed E-state index contributed by atoms with van der Waals surface area (Å²) in [5, 5.41) is 9.75. The van der Waals surface area contributed by atoms with Crippen molar-refractivity contribution in [1.82, 2.24) is 9.88 Å². The van der Waals surface area contributed by atoms with Gasteiger partial charge in [-0.2, -0.15) is 0 Å². The van der Waals surface area contributed by atoms with Crippen molar-refractivity contribution < 1.29 is 28.5 Å². The van der Waals surface area contributed by atoms with Crippen molar-refractivity contribution in [2.24, 2.45) is 11.8 Å². The van der Waals surface area contributed by atoms with Gasteiger partial charge in [-0.25, -0.2) is 9.37 Å². The first-order valence-electron chi connectivity index (χ1n) is 14.9. The van der Waals surface area contributed by atoms with E-state index in [1.54, 1.807) is 13.2 Å². The van der Waals surface area contributed by atoms with Crippen LogP contribution >= 0.6 is 0 Å². The number of carboxylic acid groups (broad SMARTS) is 1. The van der Waals surface area contributed by atoms with Crippen LogP contribution in [0.15, 0.2) is 48.7 Å². The molecule has 3 aliphatic rings. The molecule has 1 aromatic heterocycles. The van der Waals surface area contributed by atoms with E-state index in [0.29, 0.717) is 23.9 Å². The van der Waals surface area contributed by atoms with Crippen molar-refractivity contribution in [2.75, 3.05) is 27.3 Å². The van der Waals surface area contributed by atoms with Gasteiger partial charge in [0.25, 0.3) is 0 Å². The maximum atomic E-state index is 15.1. The van der Waals surface area contributed by atoms with E-state index < -0.39 is 17.7 Å². The number of ether oxygens (including phenoxy) is 3. The van der Waals surface area contributed by atoms with Crippen molar-refractivity contribution in [3.05, 3.63) is 76.7 Å². The molecule has 2 fully saturated rings. The average molecular weight is 575 g/mol. The number of hydrogen-bond donors (Lipinski definition) is 1. The lowest BCUT2D eigenvalue weighted by Crippen LogP contribution is -2.23. The molecule has 1 aliphatic carbocycles. The van der Waals surface area contributed by atoms with Crippen molar-refractivity contribution >= 4 is 5.97 Å². The van der Waals surface area contributed by atoms with E-state index in [4.69, 9.17) is 14.2 Å². The molecule has 7 nitrogen and oxygen atoms in total. The Balaban J connectivity index is 1.31. The van der Waals surface area contributed by atoms with Crippen LogP contribution < -0.4 is 9.47 Å². The Morgan fingerprint density at radius 3 is 2.67 bits per heavy atom. The van der Waals surface area contributed by atoms with Crippen LogP contribution in [-0.2, 0) is 22.5 Å². The number of halogens is 1. The SMILES string of the molecule is COc1cc(-c2ccc(C3CCc4ccc(C(C5CC5)[C@H](C)C(=O)O)cc4O3)cc2CN2CC[C@@H](OC)C2)c(F)cn1. The Morgan fingerprint density at radius 1 is 1.12 bits per heavy atom. The number of pyridine rings is 1. The van der Waals surface area contributed by atoms with Gasteiger partial charge in [-0.3, -0.25) is 9.69 Å². The van der Waals surface area contributed by atoms with Crippen molar-refractivity contribution in [2.45, 2.75) is 63.7 Å². The second-order valence-corrected chi connectivity index (χ2v) is 12.0.